The van der Waals surface area contributed by atoms with E-state index in [2.05, 4.69) is 12.2 Å². The van der Waals surface area contributed by atoms with Crippen LogP contribution in [0.4, 0.5) is 0 Å². The molecule has 0 radical (unpaired) electrons. The highest BCUT2D eigenvalue weighted by Crippen LogP contribution is 2.48. The number of primary sulfonamides is 1. The van der Waals surface area contributed by atoms with Gasteiger partial charge in [0.15, 0.2) is 0 Å². The standard InChI is InChI=1S/C19H27N3O4S/c1-14-7-12-22(13-8-14)18(24)19(9-10-19)17(23)21-11-6-15-2-4-16(5-3-15)27(20,25)26/h2-5,14H,6-13H2,1H3,(H,21,23)(H2,20,25,26). The Morgan fingerprint density at radius 2 is 1.78 bits per heavy atom. The normalized spacial score (nSPS) is 19.6. The van der Waals surface area contributed by atoms with E-state index in [1.807, 2.05) is 4.90 Å². The molecular weight excluding hydrogens is 366 g/mol. The fraction of sp³-hybridized carbons (Fsp3) is 0.579. The number of nitrogens with zero attached hydrogens (tertiary/aromatic N) is 1. The average Bonchev–Trinajstić information content (AvgIpc) is 3.43. The summed E-state index contributed by atoms with van der Waals surface area (Å²) in [5, 5.41) is 7.96. The first-order chi connectivity index (χ1) is 12.7. The van der Waals surface area contributed by atoms with Gasteiger partial charge in [0.1, 0.15) is 5.41 Å². The van der Waals surface area contributed by atoms with Gasteiger partial charge in [0, 0.05) is 19.6 Å². The fourth-order valence-electron chi connectivity index (χ4n) is 3.51. The number of sulfonamides is 1. The highest BCUT2D eigenvalue weighted by Gasteiger charge is 2.57. The summed E-state index contributed by atoms with van der Waals surface area (Å²) in [6, 6.07) is 6.27. The van der Waals surface area contributed by atoms with Crippen molar-refractivity contribution in [2.75, 3.05) is 19.6 Å². The van der Waals surface area contributed by atoms with Gasteiger partial charge in [-0.25, -0.2) is 13.6 Å². The van der Waals surface area contributed by atoms with Crippen LogP contribution in [0.1, 0.15) is 38.2 Å². The molecule has 3 rings (SSSR count). The Kier molecular flexibility index (Phi) is 5.58. The summed E-state index contributed by atoms with van der Waals surface area (Å²) in [4.78, 5) is 27.3. The number of nitrogens with two attached hydrogens (primary N) is 1. The van der Waals surface area contributed by atoms with Gasteiger partial charge in [-0.15, -0.1) is 0 Å². The molecule has 1 aliphatic carbocycles. The smallest absolute Gasteiger partial charge is 0.238 e. The molecule has 2 amide bonds. The predicted molar refractivity (Wildman–Crippen MR) is 101 cm³/mol. The van der Waals surface area contributed by atoms with Crippen molar-refractivity contribution in [2.45, 2.75) is 43.9 Å². The Hall–Kier alpha value is -1.93. The number of benzene rings is 1. The summed E-state index contributed by atoms with van der Waals surface area (Å²) in [5.74, 6) is 0.426. The largest absolute Gasteiger partial charge is 0.355 e. The number of carbonyl (C=O) groups excluding carboxylic acids is 2. The van der Waals surface area contributed by atoms with Gasteiger partial charge < -0.3 is 10.2 Å². The highest BCUT2D eigenvalue weighted by atomic mass is 32.2. The number of amides is 2. The molecule has 1 aliphatic heterocycles. The topological polar surface area (TPSA) is 110 Å². The van der Waals surface area contributed by atoms with Gasteiger partial charge in [0.05, 0.1) is 4.90 Å². The SMILES string of the molecule is CC1CCN(C(=O)C2(C(=O)NCCc3ccc(S(N)(=O)=O)cc3)CC2)CC1. The van der Waals surface area contributed by atoms with Crippen molar-refractivity contribution in [1.82, 2.24) is 10.2 Å². The van der Waals surface area contributed by atoms with Crippen LogP contribution in [0.2, 0.25) is 0 Å². The zero-order valence-electron chi connectivity index (χ0n) is 15.6. The lowest BCUT2D eigenvalue weighted by Crippen LogP contribution is -2.48. The molecular formula is C19H27N3O4S. The molecule has 0 bridgehead atoms. The molecule has 0 spiro atoms. The first-order valence-electron chi connectivity index (χ1n) is 9.42. The van der Waals surface area contributed by atoms with Crippen LogP contribution in [0.3, 0.4) is 0 Å². The van der Waals surface area contributed by atoms with E-state index in [0.717, 1.165) is 31.5 Å². The van der Waals surface area contributed by atoms with Crippen LogP contribution >= 0.6 is 0 Å². The fourth-order valence-corrected chi connectivity index (χ4v) is 4.03. The quantitative estimate of drug-likeness (QED) is 0.704. The first kappa shape index (κ1) is 19.8. The van der Waals surface area contributed by atoms with Crippen LogP contribution in [0.15, 0.2) is 29.2 Å². The van der Waals surface area contributed by atoms with Crippen LogP contribution < -0.4 is 10.5 Å². The van der Waals surface area contributed by atoms with Crippen molar-refractivity contribution in [3.63, 3.8) is 0 Å². The molecule has 1 saturated heterocycles. The van der Waals surface area contributed by atoms with Crippen molar-refractivity contribution in [1.29, 1.82) is 0 Å². The molecule has 1 aromatic carbocycles. The molecule has 2 fully saturated rings. The molecule has 27 heavy (non-hydrogen) atoms. The Morgan fingerprint density at radius 3 is 2.30 bits per heavy atom. The minimum atomic E-state index is -3.70. The molecule has 0 atom stereocenters. The van der Waals surface area contributed by atoms with E-state index in [-0.39, 0.29) is 16.7 Å². The monoisotopic (exact) mass is 393 g/mol. The predicted octanol–water partition coefficient (Wildman–Crippen LogP) is 1.03. The summed E-state index contributed by atoms with van der Waals surface area (Å²) in [5.41, 5.74) is 0.0295. The third kappa shape index (κ3) is 4.50. The summed E-state index contributed by atoms with van der Waals surface area (Å²) in [6.45, 7) is 4.08. The van der Waals surface area contributed by atoms with Gasteiger partial charge in [0.25, 0.3) is 0 Å². The van der Waals surface area contributed by atoms with Gasteiger partial charge in [-0.3, -0.25) is 9.59 Å². The Morgan fingerprint density at radius 1 is 1.19 bits per heavy atom. The number of carbonyl (C=O) groups is 2. The molecule has 0 unspecified atom stereocenters. The third-order valence-corrected chi connectivity index (χ3v) is 6.55. The van der Waals surface area contributed by atoms with Crippen LogP contribution in [-0.2, 0) is 26.0 Å². The molecule has 7 nitrogen and oxygen atoms in total. The van der Waals surface area contributed by atoms with Crippen LogP contribution in [0.25, 0.3) is 0 Å². The average molecular weight is 394 g/mol. The van der Waals surface area contributed by atoms with E-state index in [4.69, 9.17) is 5.14 Å². The van der Waals surface area contributed by atoms with E-state index in [1.165, 1.54) is 12.1 Å². The lowest BCUT2D eigenvalue weighted by Gasteiger charge is -2.32. The Labute approximate surface area is 160 Å². The zero-order chi connectivity index (χ0) is 19.7. The van der Waals surface area contributed by atoms with Crippen molar-refractivity contribution in [2.24, 2.45) is 16.5 Å². The van der Waals surface area contributed by atoms with Gasteiger partial charge in [0.2, 0.25) is 21.8 Å². The molecule has 148 valence electrons. The van der Waals surface area contributed by atoms with E-state index in [0.29, 0.717) is 31.7 Å². The number of hydrogen-bond acceptors (Lipinski definition) is 4. The van der Waals surface area contributed by atoms with Gasteiger partial charge in [-0.05, 0) is 55.7 Å². The van der Waals surface area contributed by atoms with Crippen LogP contribution in [0.5, 0.6) is 0 Å². The molecule has 3 N–H and O–H groups in total. The Balaban J connectivity index is 1.51. The lowest BCUT2D eigenvalue weighted by atomic mass is 9.96. The van der Waals surface area contributed by atoms with E-state index < -0.39 is 15.4 Å². The number of piperidine rings is 1. The number of likely N-dealkylation sites (tertiary alicyclic amines) is 1. The zero-order valence-corrected chi connectivity index (χ0v) is 16.4. The second-order valence-corrected chi connectivity index (χ2v) is 9.31. The van der Waals surface area contributed by atoms with Crippen LogP contribution in [-0.4, -0.2) is 44.8 Å². The number of nitrogens with one attached hydrogen (secondary N) is 1. The molecule has 1 saturated carbocycles. The first-order valence-corrected chi connectivity index (χ1v) is 11.0. The van der Waals surface area contributed by atoms with Gasteiger partial charge in [-0.1, -0.05) is 19.1 Å². The molecule has 1 aromatic rings. The van der Waals surface area contributed by atoms with Gasteiger partial charge in [-0.2, -0.15) is 0 Å². The maximum Gasteiger partial charge on any atom is 0.238 e. The van der Waals surface area contributed by atoms with E-state index >= 15 is 0 Å². The second kappa shape index (κ2) is 7.59. The summed E-state index contributed by atoms with van der Waals surface area (Å²) >= 11 is 0. The maximum atomic E-state index is 12.8. The van der Waals surface area contributed by atoms with Crippen molar-refractivity contribution >= 4 is 21.8 Å². The molecule has 0 aromatic heterocycles. The number of hydrogen-bond donors (Lipinski definition) is 2. The maximum absolute atomic E-state index is 12.8. The lowest BCUT2D eigenvalue weighted by molar-refractivity contribution is -0.145. The van der Waals surface area contributed by atoms with Gasteiger partial charge >= 0.3 is 0 Å². The third-order valence-electron chi connectivity index (χ3n) is 5.62. The Bertz CT molecular complexity index is 808. The molecule has 2 aliphatic rings. The highest BCUT2D eigenvalue weighted by molar-refractivity contribution is 7.89. The van der Waals surface area contributed by atoms with Crippen LogP contribution in [0, 0.1) is 11.3 Å². The van der Waals surface area contributed by atoms with Crippen molar-refractivity contribution in [3.05, 3.63) is 29.8 Å². The number of rotatable bonds is 6. The minimum absolute atomic E-state index is 0.0237. The van der Waals surface area contributed by atoms with E-state index in [9.17, 15) is 18.0 Å². The molecule has 8 heteroatoms. The summed E-state index contributed by atoms with van der Waals surface area (Å²) < 4.78 is 22.5. The van der Waals surface area contributed by atoms with E-state index in [1.54, 1.807) is 12.1 Å². The minimum Gasteiger partial charge on any atom is -0.355 e. The summed E-state index contributed by atoms with van der Waals surface area (Å²) in [7, 11) is -3.70. The van der Waals surface area contributed by atoms with Crippen molar-refractivity contribution < 1.29 is 18.0 Å². The van der Waals surface area contributed by atoms with Crippen molar-refractivity contribution in [3.8, 4) is 0 Å². The summed E-state index contributed by atoms with van der Waals surface area (Å²) in [6.07, 6.45) is 3.79. The molecule has 1 heterocycles. The second-order valence-electron chi connectivity index (χ2n) is 7.75.